The Morgan fingerprint density at radius 2 is 1.65 bits per heavy atom. The summed E-state index contributed by atoms with van der Waals surface area (Å²) < 4.78 is 0. The molecule has 0 saturated heterocycles. The number of hydrogen-bond donors (Lipinski definition) is 3. The fourth-order valence-corrected chi connectivity index (χ4v) is 2.23. The van der Waals surface area contributed by atoms with Crippen LogP contribution in [0.2, 0.25) is 5.02 Å². The van der Waals surface area contributed by atoms with Crippen molar-refractivity contribution in [2.24, 2.45) is 0 Å². The first-order valence-corrected chi connectivity index (χ1v) is 6.90. The number of aliphatic hydroxyl groups excluding tert-OH is 2. The van der Waals surface area contributed by atoms with Gasteiger partial charge in [0.1, 0.15) is 0 Å². The molecular formula is C16H18ClNO2. The average molecular weight is 292 g/mol. The molecule has 3 N–H and O–H groups in total. The second-order valence-corrected chi connectivity index (χ2v) is 5.05. The zero-order chi connectivity index (χ0) is 14.4. The standard InChI is InChI=1S/C16H18ClNO2/c17-15-4-2-1-3-14(15)16(20)10-18-9-12-5-7-13(11-19)8-6-12/h1-8,16,18-20H,9-11H2. The van der Waals surface area contributed by atoms with Gasteiger partial charge in [0.15, 0.2) is 0 Å². The van der Waals surface area contributed by atoms with Crippen LogP contribution in [-0.2, 0) is 13.2 Å². The molecule has 0 aliphatic carbocycles. The van der Waals surface area contributed by atoms with Gasteiger partial charge in [-0.05, 0) is 17.2 Å². The van der Waals surface area contributed by atoms with E-state index in [1.165, 1.54) is 0 Å². The predicted octanol–water partition coefficient (Wildman–Crippen LogP) is 2.66. The van der Waals surface area contributed by atoms with Crippen molar-refractivity contribution >= 4 is 11.6 Å². The molecule has 0 radical (unpaired) electrons. The highest BCUT2D eigenvalue weighted by molar-refractivity contribution is 6.31. The third-order valence-electron chi connectivity index (χ3n) is 3.14. The number of hydrogen-bond acceptors (Lipinski definition) is 3. The molecule has 106 valence electrons. The number of rotatable bonds is 6. The van der Waals surface area contributed by atoms with Crippen molar-refractivity contribution in [1.29, 1.82) is 0 Å². The van der Waals surface area contributed by atoms with Gasteiger partial charge in [0.25, 0.3) is 0 Å². The molecule has 1 atom stereocenters. The Morgan fingerprint density at radius 1 is 1.00 bits per heavy atom. The fraction of sp³-hybridized carbons (Fsp3) is 0.250. The topological polar surface area (TPSA) is 52.5 Å². The summed E-state index contributed by atoms with van der Waals surface area (Å²) in [5.41, 5.74) is 2.73. The molecule has 0 amide bonds. The monoisotopic (exact) mass is 291 g/mol. The third kappa shape index (κ3) is 4.05. The summed E-state index contributed by atoms with van der Waals surface area (Å²) in [4.78, 5) is 0. The average Bonchev–Trinajstić information content (AvgIpc) is 2.48. The molecule has 1 unspecified atom stereocenters. The largest absolute Gasteiger partial charge is 0.392 e. The number of nitrogens with one attached hydrogen (secondary N) is 1. The highest BCUT2D eigenvalue weighted by atomic mass is 35.5. The maximum absolute atomic E-state index is 10.1. The number of halogens is 1. The van der Waals surface area contributed by atoms with E-state index >= 15 is 0 Å². The SMILES string of the molecule is OCc1ccc(CNCC(O)c2ccccc2Cl)cc1. The lowest BCUT2D eigenvalue weighted by Gasteiger charge is -2.13. The van der Waals surface area contributed by atoms with Crippen LogP contribution in [0.3, 0.4) is 0 Å². The molecule has 0 aliphatic heterocycles. The van der Waals surface area contributed by atoms with Crippen LogP contribution in [0.4, 0.5) is 0 Å². The number of aliphatic hydroxyl groups is 2. The summed E-state index contributed by atoms with van der Waals surface area (Å²) >= 11 is 6.04. The van der Waals surface area contributed by atoms with Crippen molar-refractivity contribution < 1.29 is 10.2 Å². The summed E-state index contributed by atoms with van der Waals surface area (Å²) in [6, 6.07) is 15.0. The lowest BCUT2D eigenvalue weighted by atomic mass is 10.1. The molecule has 2 aromatic rings. The molecule has 0 fully saturated rings. The highest BCUT2D eigenvalue weighted by Gasteiger charge is 2.10. The van der Waals surface area contributed by atoms with Gasteiger partial charge in [-0.25, -0.2) is 0 Å². The minimum absolute atomic E-state index is 0.0545. The van der Waals surface area contributed by atoms with Crippen LogP contribution in [0.15, 0.2) is 48.5 Å². The minimum Gasteiger partial charge on any atom is -0.392 e. The molecule has 0 aliphatic rings. The maximum atomic E-state index is 10.1. The Hall–Kier alpha value is -1.39. The van der Waals surface area contributed by atoms with Crippen molar-refractivity contribution in [2.75, 3.05) is 6.54 Å². The fourth-order valence-electron chi connectivity index (χ4n) is 1.97. The lowest BCUT2D eigenvalue weighted by molar-refractivity contribution is 0.174. The first-order valence-electron chi connectivity index (χ1n) is 6.52. The first-order chi connectivity index (χ1) is 9.70. The Morgan fingerprint density at radius 3 is 2.30 bits per heavy atom. The van der Waals surface area contributed by atoms with E-state index in [1.807, 2.05) is 42.5 Å². The van der Waals surface area contributed by atoms with E-state index in [1.54, 1.807) is 6.07 Å². The molecule has 0 bridgehead atoms. The van der Waals surface area contributed by atoms with Gasteiger partial charge >= 0.3 is 0 Å². The quantitative estimate of drug-likeness (QED) is 0.767. The van der Waals surface area contributed by atoms with Crippen LogP contribution >= 0.6 is 11.6 Å². The van der Waals surface area contributed by atoms with Crippen LogP contribution < -0.4 is 5.32 Å². The van der Waals surface area contributed by atoms with Crippen molar-refractivity contribution in [3.05, 3.63) is 70.2 Å². The van der Waals surface area contributed by atoms with Crippen molar-refractivity contribution in [3.8, 4) is 0 Å². The van der Waals surface area contributed by atoms with Crippen LogP contribution in [0.1, 0.15) is 22.8 Å². The van der Waals surface area contributed by atoms with E-state index in [0.717, 1.165) is 16.7 Å². The van der Waals surface area contributed by atoms with E-state index in [0.29, 0.717) is 18.1 Å². The van der Waals surface area contributed by atoms with Crippen LogP contribution in [0.25, 0.3) is 0 Å². The molecule has 2 rings (SSSR count). The Bertz CT molecular complexity index is 542. The number of benzene rings is 2. The smallest absolute Gasteiger partial charge is 0.0928 e. The van der Waals surface area contributed by atoms with Gasteiger partial charge in [-0.2, -0.15) is 0 Å². The molecule has 0 aromatic heterocycles. The van der Waals surface area contributed by atoms with Crippen molar-refractivity contribution in [3.63, 3.8) is 0 Å². The van der Waals surface area contributed by atoms with Gasteiger partial charge in [0.2, 0.25) is 0 Å². The van der Waals surface area contributed by atoms with E-state index in [-0.39, 0.29) is 6.61 Å². The zero-order valence-corrected chi connectivity index (χ0v) is 11.8. The highest BCUT2D eigenvalue weighted by Crippen LogP contribution is 2.21. The normalized spacial score (nSPS) is 12.3. The van der Waals surface area contributed by atoms with Gasteiger partial charge in [-0.15, -0.1) is 0 Å². The first kappa shape index (κ1) is 15.0. The van der Waals surface area contributed by atoms with Gasteiger partial charge < -0.3 is 15.5 Å². The van der Waals surface area contributed by atoms with E-state index in [9.17, 15) is 5.11 Å². The Balaban J connectivity index is 1.84. The summed E-state index contributed by atoms with van der Waals surface area (Å²) in [6.45, 7) is 1.15. The molecule has 0 saturated carbocycles. The van der Waals surface area contributed by atoms with E-state index < -0.39 is 6.10 Å². The molecule has 20 heavy (non-hydrogen) atoms. The van der Waals surface area contributed by atoms with Gasteiger partial charge in [0.05, 0.1) is 12.7 Å². The zero-order valence-electron chi connectivity index (χ0n) is 11.1. The third-order valence-corrected chi connectivity index (χ3v) is 3.48. The summed E-state index contributed by atoms with van der Waals surface area (Å²) in [5.74, 6) is 0. The lowest BCUT2D eigenvalue weighted by Crippen LogP contribution is -2.21. The summed E-state index contributed by atoms with van der Waals surface area (Å²) in [6.07, 6.45) is -0.625. The summed E-state index contributed by atoms with van der Waals surface area (Å²) in [5, 5.41) is 22.8. The summed E-state index contributed by atoms with van der Waals surface area (Å²) in [7, 11) is 0. The van der Waals surface area contributed by atoms with Crippen molar-refractivity contribution in [2.45, 2.75) is 19.3 Å². The van der Waals surface area contributed by atoms with Gasteiger partial charge in [0, 0.05) is 23.7 Å². The van der Waals surface area contributed by atoms with Crippen LogP contribution in [-0.4, -0.2) is 16.8 Å². The Labute approximate surface area is 123 Å². The van der Waals surface area contributed by atoms with Gasteiger partial charge in [-0.3, -0.25) is 0 Å². The molecule has 2 aromatic carbocycles. The molecule has 0 spiro atoms. The molecule has 3 nitrogen and oxygen atoms in total. The predicted molar refractivity (Wildman–Crippen MR) is 80.5 cm³/mol. The minimum atomic E-state index is -0.625. The van der Waals surface area contributed by atoms with Crippen LogP contribution in [0.5, 0.6) is 0 Å². The van der Waals surface area contributed by atoms with E-state index in [4.69, 9.17) is 16.7 Å². The van der Waals surface area contributed by atoms with E-state index in [2.05, 4.69) is 5.32 Å². The second-order valence-electron chi connectivity index (χ2n) is 4.64. The van der Waals surface area contributed by atoms with Crippen molar-refractivity contribution in [1.82, 2.24) is 5.32 Å². The molecule has 4 heteroatoms. The second kappa shape index (κ2) is 7.41. The van der Waals surface area contributed by atoms with Crippen LogP contribution in [0, 0.1) is 0 Å². The molecule has 0 heterocycles. The molecular weight excluding hydrogens is 274 g/mol. The van der Waals surface area contributed by atoms with Gasteiger partial charge in [-0.1, -0.05) is 54.1 Å². The Kier molecular flexibility index (Phi) is 5.56. The maximum Gasteiger partial charge on any atom is 0.0928 e.